The van der Waals surface area contributed by atoms with Crippen molar-refractivity contribution in [1.82, 2.24) is 10.2 Å². The summed E-state index contributed by atoms with van der Waals surface area (Å²) in [6, 6.07) is 0.558. The van der Waals surface area contributed by atoms with Crippen molar-refractivity contribution in [3.8, 4) is 0 Å². The zero-order chi connectivity index (χ0) is 15.0. The summed E-state index contributed by atoms with van der Waals surface area (Å²) in [6.45, 7) is 7.53. The average Bonchev–Trinajstić information content (AvgIpc) is 2.42. The molecule has 2 nitrogen and oxygen atoms in total. The maximum Gasteiger partial charge on any atom is 0.391 e. The second-order valence-corrected chi connectivity index (χ2v) is 5.86. The van der Waals surface area contributed by atoms with Crippen molar-refractivity contribution in [2.45, 2.75) is 64.6 Å². The highest BCUT2D eigenvalue weighted by Gasteiger charge is 2.40. The van der Waals surface area contributed by atoms with E-state index in [1.807, 2.05) is 0 Å². The van der Waals surface area contributed by atoms with Crippen LogP contribution in [-0.4, -0.2) is 43.3 Å². The number of alkyl halides is 3. The SMILES string of the molecule is CCCNC(CC)CCCN1CCC(C(F)(F)F)CC1. The van der Waals surface area contributed by atoms with Crippen LogP contribution in [0.15, 0.2) is 0 Å². The highest BCUT2D eigenvalue weighted by molar-refractivity contribution is 4.77. The Morgan fingerprint density at radius 1 is 1.20 bits per heavy atom. The molecule has 0 aromatic heterocycles. The zero-order valence-electron chi connectivity index (χ0n) is 12.8. The standard InChI is InChI=1S/C15H29F3N2/c1-3-9-19-14(4-2)6-5-10-20-11-7-13(8-12-20)15(16,17)18/h13-14,19H,3-12H2,1-2H3. The first-order valence-corrected chi connectivity index (χ1v) is 7.99. The molecule has 5 heteroatoms. The molecule has 1 fully saturated rings. The highest BCUT2D eigenvalue weighted by Crippen LogP contribution is 2.34. The molecule has 0 aliphatic carbocycles. The first-order valence-electron chi connectivity index (χ1n) is 7.99. The molecule has 1 unspecified atom stereocenters. The van der Waals surface area contributed by atoms with Gasteiger partial charge in [-0.3, -0.25) is 0 Å². The molecular weight excluding hydrogens is 265 g/mol. The van der Waals surface area contributed by atoms with E-state index in [4.69, 9.17) is 0 Å². The molecule has 1 heterocycles. The number of hydrogen-bond acceptors (Lipinski definition) is 2. The fourth-order valence-corrected chi connectivity index (χ4v) is 2.84. The lowest BCUT2D eigenvalue weighted by molar-refractivity contribution is -0.185. The molecule has 1 saturated heterocycles. The van der Waals surface area contributed by atoms with Crippen LogP contribution in [0.5, 0.6) is 0 Å². The van der Waals surface area contributed by atoms with Gasteiger partial charge in [-0.1, -0.05) is 13.8 Å². The molecule has 1 atom stereocenters. The molecule has 1 aliphatic rings. The van der Waals surface area contributed by atoms with Crippen LogP contribution in [0.2, 0.25) is 0 Å². The van der Waals surface area contributed by atoms with E-state index in [0.717, 1.165) is 38.8 Å². The van der Waals surface area contributed by atoms with E-state index in [1.54, 1.807) is 0 Å². The Bertz CT molecular complexity index is 248. The lowest BCUT2D eigenvalue weighted by Crippen LogP contribution is -2.39. The smallest absolute Gasteiger partial charge is 0.314 e. The summed E-state index contributed by atoms with van der Waals surface area (Å²) in [5.41, 5.74) is 0. The summed E-state index contributed by atoms with van der Waals surface area (Å²) >= 11 is 0. The van der Waals surface area contributed by atoms with Crippen LogP contribution >= 0.6 is 0 Å². The summed E-state index contributed by atoms with van der Waals surface area (Å²) in [5.74, 6) is -1.08. The van der Waals surface area contributed by atoms with E-state index in [9.17, 15) is 13.2 Å². The van der Waals surface area contributed by atoms with Gasteiger partial charge in [-0.25, -0.2) is 0 Å². The van der Waals surface area contributed by atoms with Crippen LogP contribution in [0.25, 0.3) is 0 Å². The predicted molar refractivity (Wildman–Crippen MR) is 76.8 cm³/mol. The number of likely N-dealkylation sites (tertiary alicyclic amines) is 1. The van der Waals surface area contributed by atoms with Gasteiger partial charge in [-0.05, 0) is 64.7 Å². The van der Waals surface area contributed by atoms with E-state index in [1.165, 1.54) is 0 Å². The minimum atomic E-state index is -4.00. The van der Waals surface area contributed by atoms with Gasteiger partial charge in [0.1, 0.15) is 0 Å². The summed E-state index contributed by atoms with van der Waals surface area (Å²) in [4.78, 5) is 2.19. The number of rotatable bonds is 8. The molecule has 1 N–H and O–H groups in total. The lowest BCUT2D eigenvalue weighted by atomic mass is 9.96. The highest BCUT2D eigenvalue weighted by atomic mass is 19.4. The van der Waals surface area contributed by atoms with Crippen molar-refractivity contribution in [3.63, 3.8) is 0 Å². The van der Waals surface area contributed by atoms with Crippen LogP contribution in [0.1, 0.15) is 52.4 Å². The van der Waals surface area contributed by atoms with Gasteiger partial charge in [0.15, 0.2) is 0 Å². The van der Waals surface area contributed by atoms with Crippen molar-refractivity contribution in [3.05, 3.63) is 0 Å². The minimum Gasteiger partial charge on any atom is -0.314 e. The van der Waals surface area contributed by atoms with Crippen LogP contribution in [-0.2, 0) is 0 Å². The third-order valence-corrected chi connectivity index (χ3v) is 4.25. The van der Waals surface area contributed by atoms with Crippen molar-refractivity contribution in [2.24, 2.45) is 5.92 Å². The Balaban J connectivity index is 2.15. The fourth-order valence-electron chi connectivity index (χ4n) is 2.84. The first-order chi connectivity index (χ1) is 9.47. The molecule has 0 amide bonds. The second kappa shape index (κ2) is 8.88. The average molecular weight is 294 g/mol. The molecule has 0 aromatic carbocycles. The van der Waals surface area contributed by atoms with E-state index in [0.29, 0.717) is 19.1 Å². The van der Waals surface area contributed by atoms with Gasteiger partial charge in [-0.15, -0.1) is 0 Å². The molecule has 1 rings (SSSR count). The minimum absolute atomic E-state index is 0.273. The van der Waals surface area contributed by atoms with E-state index >= 15 is 0 Å². The Morgan fingerprint density at radius 2 is 1.85 bits per heavy atom. The maximum absolute atomic E-state index is 12.6. The number of nitrogens with one attached hydrogen (secondary N) is 1. The maximum atomic E-state index is 12.6. The quantitative estimate of drug-likeness (QED) is 0.732. The lowest BCUT2D eigenvalue weighted by Gasteiger charge is -2.33. The van der Waals surface area contributed by atoms with Crippen molar-refractivity contribution in [1.29, 1.82) is 0 Å². The fraction of sp³-hybridized carbons (Fsp3) is 1.00. The van der Waals surface area contributed by atoms with Crippen LogP contribution in [0, 0.1) is 5.92 Å². The molecular formula is C15H29F3N2. The molecule has 0 saturated carbocycles. The van der Waals surface area contributed by atoms with Gasteiger partial charge < -0.3 is 10.2 Å². The molecule has 20 heavy (non-hydrogen) atoms. The van der Waals surface area contributed by atoms with Crippen LogP contribution < -0.4 is 5.32 Å². The van der Waals surface area contributed by atoms with Crippen molar-refractivity contribution in [2.75, 3.05) is 26.2 Å². The zero-order valence-corrected chi connectivity index (χ0v) is 12.8. The Kier molecular flexibility index (Phi) is 7.88. The summed E-state index contributed by atoms with van der Waals surface area (Å²) in [6.07, 6.45) is 1.01. The molecule has 0 radical (unpaired) electrons. The largest absolute Gasteiger partial charge is 0.391 e. The summed E-state index contributed by atoms with van der Waals surface area (Å²) < 4.78 is 37.7. The Labute approximate surface area is 121 Å². The third-order valence-electron chi connectivity index (χ3n) is 4.25. The van der Waals surface area contributed by atoms with E-state index < -0.39 is 12.1 Å². The normalized spacial score (nSPS) is 20.2. The van der Waals surface area contributed by atoms with Crippen LogP contribution in [0.4, 0.5) is 13.2 Å². The first kappa shape index (κ1) is 17.8. The van der Waals surface area contributed by atoms with Gasteiger partial charge >= 0.3 is 6.18 Å². The van der Waals surface area contributed by atoms with E-state index in [-0.39, 0.29) is 12.8 Å². The molecule has 0 spiro atoms. The van der Waals surface area contributed by atoms with Gasteiger partial charge in [0.2, 0.25) is 0 Å². The molecule has 0 bridgehead atoms. The van der Waals surface area contributed by atoms with Gasteiger partial charge in [0.25, 0.3) is 0 Å². The molecule has 0 aromatic rings. The number of nitrogens with zero attached hydrogens (tertiary/aromatic N) is 1. The second-order valence-electron chi connectivity index (χ2n) is 5.86. The van der Waals surface area contributed by atoms with Crippen molar-refractivity contribution < 1.29 is 13.2 Å². The van der Waals surface area contributed by atoms with Gasteiger partial charge in [0.05, 0.1) is 5.92 Å². The van der Waals surface area contributed by atoms with Gasteiger partial charge in [-0.2, -0.15) is 13.2 Å². The third kappa shape index (κ3) is 6.44. The summed E-state index contributed by atoms with van der Waals surface area (Å²) in [7, 11) is 0. The Morgan fingerprint density at radius 3 is 2.35 bits per heavy atom. The van der Waals surface area contributed by atoms with Crippen LogP contribution in [0.3, 0.4) is 0 Å². The topological polar surface area (TPSA) is 15.3 Å². The van der Waals surface area contributed by atoms with Crippen molar-refractivity contribution >= 4 is 0 Å². The van der Waals surface area contributed by atoms with E-state index in [2.05, 4.69) is 24.1 Å². The molecule has 120 valence electrons. The van der Waals surface area contributed by atoms with Gasteiger partial charge in [0, 0.05) is 6.04 Å². The monoisotopic (exact) mass is 294 g/mol. The summed E-state index contributed by atoms with van der Waals surface area (Å²) in [5, 5.41) is 3.52. The Hall–Kier alpha value is -0.290. The number of hydrogen-bond donors (Lipinski definition) is 1. The molecule has 1 aliphatic heterocycles. The predicted octanol–water partition coefficient (Wildman–Crippen LogP) is 3.82. The number of halogens is 3. The number of piperidine rings is 1.